The summed E-state index contributed by atoms with van der Waals surface area (Å²) in [6.45, 7) is 3.96. The first-order chi connectivity index (χ1) is 13.1. The van der Waals surface area contributed by atoms with Crippen LogP contribution < -0.4 is 0 Å². The molecule has 4 rings (SSSR count). The van der Waals surface area contributed by atoms with Crippen molar-refractivity contribution < 1.29 is 9.59 Å². The second-order valence-corrected chi connectivity index (χ2v) is 8.56. The maximum atomic E-state index is 12.6. The highest BCUT2D eigenvalue weighted by Crippen LogP contribution is 2.57. The van der Waals surface area contributed by atoms with Crippen molar-refractivity contribution in [3.63, 3.8) is 0 Å². The molecule has 0 bridgehead atoms. The van der Waals surface area contributed by atoms with Crippen LogP contribution in [-0.2, 0) is 22.6 Å². The van der Waals surface area contributed by atoms with Crippen LogP contribution >= 0.6 is 11.3 Å². The second-order valence-electron chi connectivity index (χ2n) is 7.78. The van der Waals surface area contributed by atoms with Gasteiger partial charge in [-0.25, -0.2) is 0 Å². The molecule has 2 fully saturated rings. The van der Waals surface area contributed by atoms with Gasteiger partial charge in [0.15, 0.2) is 0 Å². The Hall–Kier alpha value is -2.21. The quantitative estimate of drug-likeness (QED) is 0.797. The number of amides is 2. The minimum atomic E-state index is 0.151. The van der Waals surface area contributed by atoms with E-state index in [4.69, 9.17) is 0 Å². The van der Waals surface area contributed by atoms with Crippen LogP contribution in [0.2, 0.25) is 0 Å². The monoisotopic (exact) mass is 383 g/mol. The molecule has 6 heteroatoms. The number of thiophene rings is 1. The number of carbonyl (C=O) groups is 2. The summed E-state index contributed by atoms with van der Waals surface area (Å²) in [5, 5.41) is 4.17. The zero-order chi connectivity index (χ0) is 18.9. The van der Waals surface area contributed by atoms with Crippen LogP contribution in [0.4, 0.5) is 0 Å². The molecule has 0 radical (unpaired) electrons. The van der Waals surface area contributed by atoms with E-state index in [-0.39, 0.29) is 17.2 Å². The van der Waals surface area contributed by atoms with Crippen molar-refractivity contribution >= 4 is 23.2 Å². The molecule has 2 aliphatic rings. The minimum Gasteiger partial charge on any atom is -0.342 e. The fourth-order valence-corrected chi connectivity index (χ4v) is 4.97. The highest BCUT2D eigenvalue weighted by atomic mass is 32.1. The van der Waals surface area contributed by atoms with Gasteiger partial charge in [0.05, 0.1) is 6.42 Å². The molecule has 5 nitrogen and oxygen atoms in total. The molecule has 142 valence electrons. The van der Waals surface area contributed by atoms with E-state index in [0.29, 0.717) is 19.0 Å². The van der Waals surface area contributed by atoms with Gasteiger partial charge in [-0.15, -0.1) is 0 Å². The third-order valence-corrected chi connectivity index (χ3v) is 6.78. The lowest BCUT2D eigenvalue weighted by Gasteiger charge is -2.34. The SMILES string of the molecule is CC(=O)N(Cc1ccsc1)[C@@H]1CC12CCN(C(=O)Cc1cccnc1)CC2. The highest BCUT2D eigenvalue weighted by molar-refractivity contribution is 7.07. The van der Waals surface area contributed by atoms with Gasteiger partial charge in [0.25, 0.3) is 0 Å². The number of carbonyl (C=O) groups excluding carboxylic acids is 2. The van der Waals surface area contributed by atoms with Crippen molar-refractivity contribution in [2.75, 3.05) is 13.1 Å². The lowest BCUT2D eigenvalue weighted by molar-refractivity contribution is -0.134. The fraction of sp³-hybridized carbons (Fsp3) is 0.476. The van der Waals surface area contributed by atoms with Crippen LogP contribution in [0.1, 0.15) is 37.3 Å². The van der Waals surface area contributed by atoms with Gasteiger partial charge >= 0.3 is 0 Å². The van der Waals surface area contributed by atoms with Crippen molar-refractivity contribution in [3.8, 4) is 0 Å². The van der Waals surface area contributed by atoms with Gasteiger partial charge in [-0.2, -0.15) is 11.3 Å². The van der Waals surface area contributed by atoms with Gasteiger partial charge in [0.2, 0.25) is 11.8 Å². The van der Waals surface area contributed by atoms with Gasteiger partial charge in [0, 0.05) is 45.0 Å². The Kier molecular flexibility index (Phi) is 5.00. The second kappa shape index (κ2) is 7.43. The van der Waals surface area contributed by atoms with Crippen LogP contribution in [0, 0.1) is 5.41 Å². The first-order valence-corrected chi connectivity index (χ1v) is 10.5. The number of aromatic nitrogens is 1. The average Bonchev–Trinajstić information content (AvgIpc) is 3.10. The predicted molar refractivity (Wildman–Crippen MR) is 105 cm³/mol. The Morgan fingerprint density at radius 2 is 2.11 bits per heavy atom. The number of pyridine rings is 1. The molecule has 0 N–H and O–H groups in total. The van der Waals surface area contributed by atoms with E-state index in [1.165, 1.54) is 5.56 Å². The van der Waals surface area contributed by atoms with Gasteiger partial charge < -0.3 is 9.80 Å². The van der Waals surface area contributed by atoms with Crippen molar-refractivity contribution in [2.24, 2.45) is 5.41 Å². The molecule has 2 aromatic heterocycles. The normalized spacial score (nSPS) is 20.5. The summed E-state index contributed by atoms with van der Waals surface area (Å²) in [6, 6.07) is 6.23. The lowest BCUT2D eigenvalue weighted by Crippen LogP contribution is -2.43. The van der Waals surface area contributed by atoms with Crippen LogP contribution in [0.3, 0.4) is 0 Å². The number of likely N-dealkylation sites (tertiary alicyclic amines) is 1. The molecule has 27 heavy (non-hydrogen) atoms. The molecule has 0 aromatic carbocycles. The molecular weight excluding hydrogens is 358 g/mol. The molecular formula is C21H25N3O2S. The number of hydrogen-bond acceptors (Lipinski definition) is 4. The van der Waals surface area contributed by atoms with Gasteiger partial charge in [-0.1, -0.05) is 6.07 Å². The number of piperidine rings is 1. The molecule has 1 aliphatic heterocycles. The smallest absolute Gasteiger partial charge is 0.227 e. The molecule has 1 atom stereocenters. The maximum Gasteiger partial charge on any atom is 0.227 e. The van der Waals surface area contributed by atoms with E-state index in [1.807, 2.05) is 21.9 Å². The van der Waals surface area contributed by atoms with E-state index in [0.717, 1.165) is 37.9 Å². The van der Waals surface area contributed by atoms with E-state index in [2.05, 4.69) is 21.8 Å². The molecule has 3 heterocycles. The van der Waals surface area contributed by atoms with Crippen LogP contribution in [-0.4, -0.2) is 45.7 Å². The lowest BCUT2D eigenvalue weighted by atomic mass is 9.92. The summed E-state index contributed by atoms with van der Waals surface area (Å²) in [4.78, 5) is 32.9. The van der Waals surface area contributed by atoms with Crippen molar-refractivity contribution in [3.05, 3.63) is 52.5 Å². The van der Waals surface area contributed by atoms with Gasteiger partial charge in [-0.3, -0.25) is 14.6 Å². The maximum absolute atomic E-state index is 12.6. The summed E-state index contributed by atoms with van der Waals surface area (Å²) in [6.07, 6.45) is 6.95. The Morgan fingerprint density at radius 1 is 1.30 bits per heavy atom. The third kappa shape index (κ3) is 3.90. The summed E-state index contributed by atoms with van der Waals surface area (Å²) in [7, 11) is 0. The Morgan fingerprint density at radius 3 is 2.74 bits per heavy atom. The number of hydrogen-bond donors (Lipinski definition) is 0. The van der Waals surface area contributed by atoms with Crippen molar-refractivity contribution in [1.29, 1.82) is 0 Å². The molecule has 2 aromatic rings. The third-order valence-electron chi connectivity index (χ3n) is 6.05. The topological polar surface area (TPSA) is 53.5 Å². The highest BCUT2D eigenvalue weighted by Gasteiger charge is 2.58. The zero-order valence-corrected chi connectivity index (χ0v) is 16.5. The molecule has 1 aliphatic carbocycles. The number of nitrogens with zero attached hydrogens (tertiary/aromatic N) is 3. The van der Waals surface area contributed by atoms with Crippen LogP contribution in [0.5, 0.6) is 0 Å². The summed E-state index contributed by atoms with van der Waals surface area (Å²) in [5.74, 6) is 0.329. The van der Waals surface area contributed by atoms with Crippen LogP contribution in [0.15, 0.2) is 41.4 Å². The van der Waals surface area contributed by atoms with Crippen molar-refractivity contribution in [2.45, 2.75) is 45.2 Å². The molecule has 1 saturated heterocycles. The summed E-state index contributed by atoms with van der Waals surface area (Å²) < 4.78 is 0. The first kappa shape index (κ1) is 18.2. The minimum absolute atomic E-state index is 0.151. The van der Waals surface area contributed by atoms with Crippen molar-refractivity contribution in [1.82, 2.24) is 14.8 Å². The molecule has 1 spiro atoms. The largest absolute Gasteiger partial charge is 0.342 e. The Balaban J connectivity index is 1.33. The Bertz CT molecular complexity index is 798. The number of rotatable bonds is 5. The van der Waals surface area contributed by atoms with E-state index in [9.17, 15) is 9.59 Å². The molecule has 1 saturated carbocycles. The molecule has 2 amide bonds. The van der Waals surface area contributed by atoms with E-state index >= 15 is 0 Å². The standard InChI is InChI=1S/C21H25N3O2S/c1-16(25)24(14-18-4-10-27-15-18)19-12-21(19)5-8-23(9-6-21)20(26)11-17-3-2-7-22-13-17/h2-4,7,10,13,15,19H,5-6,8-9,11-12,14H2,1H3/t19-/m1/s1. The first-order valence-electron chi connectivity index (χ1n) is 9.52. The Labute approximate surface area is 164 Å². The average molecular weight is 384 g/mol. The van der Waals surface area contributed by atoms with Gasteiger partial charge in [-0.05, 0) is 58.7 Å². The summed E-state index contributed by atoms with van der Waals surface area (Å²) in [5.41, 5.74) is 2.39. The van der Waals surface area contributed by atoms with E-state index < -0.39 is 0 Å². The fourth-order valence-electron chi connectivity index (χ4n) is 4.32. The van der Waals surface area contributed by atoms with E-state index in [1.54, 1.807) is 30.7 Å². The zero-order valence-electron chi connectivity index (χ0n) is 15.6. The molecule has 0 unspecified atom stereocenters. The van der Waals surface area contributed by atoms with Crippen LogP contribution in [0.25, 0.3) is 0 Å². The predicted octanol–water partition coefficient (Wildman–Crippen LogP) is 3.12. The summed E-state index contributed by atoms with van der Waals surface area (Å²) >= 11 is 1.67. The van der Waals surface area contributed by atoms with Gasteiger partial charge in [0.1, 0.15) is 0 Å².